The number of nitrogens with zero attached hydrogens (tertiary/aromatic N) is 1. The second kappa shape index (κ2) is 12.5. The second-order valence-electron chi connectivity index (χ2n) is 9.31. The number of nitrogens with one attached hydrogen (secondary N) is 2. The molecule has 0 aliphatic heterocycles. The molecule has 0 aromatic heterocycles. The molecular weight excluding hydrogens is 578 g/mol. The summed E-state index contributed by atoms with van der Waals surface area (Å²) in [7, 11) is -5.28. The number of amides is 1. The molecule has 0 atom stereocenters. The average molecular weight is 610 g/mol. The molecule has 0 radical (unpaired) electrons. The van der Waals surface area contributed by atoms with Gasteiger partial charge in [-0.1, -0.05) is 36.4 Å². The number of para-hydroxylation sites is 1. The van der Waals surface area contributed by atoms with E-state index in [2.05, 4.69) is 10.0 Å². The Bertz CT molecular complexity index is 1770. The summed E-state index contributed by atoms with van der Waals surface area (Å²) in [6, 6.07) is 23.4. The number of aryl methyl sites for hydroxylation is 2. The molecule has 10 nitrogen and oxygen atoms in total. The fraction of sp³-hybridized carbons (Fsp3) is 0.167. The molecule has 4 aromatic rings. The van der Waals surface area contributed by atoms with Crippen LogP contribution in [-0.2, 0) is 24.8 Å². The minimum Gasteiger partial charge on any atom is -0.497 e. The van der Waals surface area contributed by atoms with Crippen LogP contribution in [0.4, 0.5) is 17.1 Å². The van der Waals surface area contributed by atoms with E-state index >= 15 is 0 Å². The molecule has 0 aliphatic carbocycles. The van der Waals surface area contributed by atoms with Crippen LogP contribution in [0.1, 0.15) is 11.1 Å². The molecule has 0 spiro atoms. The van der Waals surface area contributed by atoms with Crippen LogP contribution >= 0.6 is 0 Å². The van der Waals surface area contributed by atoms with E-state index in [1.165, 1.54) is 56.7 Å². The maximum Gasteiger partial charge on any atom is 0.264 e. The molecule has 0 saturated carbocycles. The molecule has 0 aliphatic rings. The van der Waals surface area contributed by atoms with Crippen LogP contribution in [0.5, 0.6) is 11.5 Å². The highest BCUT2D eigenvalue weighted by atomic mass is 32.2. The van der Waals surface area contributed by atoms with Crippen LogP contribution in [0.15, 0.2) is 101 Å². The molecule has 42 heavy (non-hydrogen) atoms. The normalized spacial score (nSPS) is 11.4. The molecular formula is C30H31N3O7S2. The summed E-state index contributed by atoms with van der Waals surface area (Å²) in [5, 5.41) is 2.65. The number of benzene rings is 4. The summed E-state index contributed by atoms with van der Waals surface area (Å²) >= 11 is 0. The first kappa shape index (κ1) is 30.4. The largest absolute Gasteiger partial charge is 0.497 e. The van der Waals surface area contributed by atoms with Crippen LogP contribution in [0.25, 0.3) is 0 Å². The third-order valence-electron chi connectivity index (χ3n) is 6.44. The first-order valence-corrected chi connectivity index (χ1v) is 15.7. The average Bonchev–Trinajstić information content (AvgIpc) is 2.98. The monoisotopic (exact) mass is 609 g/mol. The topological polar surface area (TPSA) is 131 Å². The van der Waals surface area contributed by atoms with Crippen molar-refractivity contribution in [3.05, 3.63) is 102 Å². The Balaban J connectivity index is 1.59. The lowest BCUT2D eigenvalue weighted by molar-refractivity contribution is -0.114. The van der Waals surface area contributed by atoms with E-state index in [0.29, 0.717) is 11.4 Å². The molecule has 220 valence electrons. The van der Waals surface area contributed by atoms with Crippen LogP contribution < -0.4 is 23.8 Å². The van der Waals surface area contributed by atoms with Crippen LogP contribution in [0.3, 0.4) is 0 Å². The number of hydrogen-bond donors (Lipinski definition) is 2. The van der Waals surface area contributed by atoms with E-state index in [0.717, 1.165) is 15.4 Å². The van der Waals surface area contributed by atoms with Gasteiger partial charge < -0.3 is 14.8 Å². The number of rotatable bonds is 11. The fourth-order valence-electron chi connectivity index (χ4n) is 4.23. The Morgan fingerprint density at radius 1 is 0.762 bits per heavy atom. The Labute approximate surface area is 246 Å². The number of sulfonamides is 2. The summed E-state index contributed by atoms with van der Waals surface area (Å²) < 4.78 is 67.7. The molecule has 2 N–H and O–H groups in total. The first-order chi connectivity index (χ1) is 20.0. The number of carbonyl (C=O) groups excluding carboxylic acids is 1. The van der Waals surface area contributed by atoms with Crippen LogP contribution in [-0.4, -0.2) is 43.5 Å². The lowest BCUT2D eigenvalue weighted by Gasteiger charge is -2.26. The van der Waals surface area contributed by atoms with Crippen molar-refractivity contribution >= 4 is 43.0 Å². The molecule has 0 saturated heterocycles. The van der Waals surface area contributed by atoms with E-state index in [-0.39, 0.29) is 26.9 Å². The van der Waals surface area contributed by atoms with Crippen molar-refractivity contribution in [1.29, 1.82) is 0 Å². The summed E-state index contributed by atoms with van der Waals surface area (Å²) in [5.41, 5.74) is 2.45. The molecule has 0 heterocycles. The standard InChI is InChI=1S/C30H31N3O7S2/c1-21-9-8-10-22(2)30(21)32-41(35,36)25-16-13-23(14-17-25)31-29(34)20-33(42(37,38)26-11-6-5-7-12-26)27-19-24(39-3)15-18-28(27)40-4/h5-19,32H,20H2,1-4H3,(H,31,34). The second-order valence-corrected chi connectivity index (χ2v) is 12.9. The molecule has 4 rings (SSSR count). The number of ether oxygens (including phenoxy) is 2. The van der Waals surface area contributed by atoms with Crippen molar-refractivity contribution in [3.8, 4) is 11.5 Å². The lowest BCUT2D eigenvalue weighted by atomic mass is 10.1. The number of carbonyl (C=O) groups is 1. The zero-order valence-corrected chi connectivity index (χ0v) is 25.1. The highest BCUT2D eigenvalue weighted by molar-refractivity contribution is 7.93. The van der Waals surface area contributed by atoms with Crippen molar-refractivity contribution < 1.29 is 31.1 Å². The van der Waals surface area contributed by atoms with Crippen molar-refractivity contribution in [2.24, 2.45) is 0 Å². The van der Waals surface area contributed by atoms with Crippen molar-refractivity contribution in [2.75, 3.05) is 35.1 Å². The van der Waals surface area contributed by atoms with Gasteiger partial charge in [0.15, 0.2) is 0 Å². The lowest BCUT2D eigenvalue weighted by Crippen LogP contribution is -2.38. The van der Waals surface area contributed by atoms with Gasteiger partial charge in [-0.05, 0) is 73.5 Å². The van der Waals surface area contributed by atoms with Gasteiger partial charge in [-0.15, -0.1) is 0 Å². The molecule has 4 aromatic carbocycles. The zero-order chi connectivity index (χ0) is 30.5. The van der Waals surface area contributed by atoms with Crippen LogP contribution in [0.2, 0.25) is 0 Å². The van der Waals surface area contributed by atoms with Gasteiger partial charge in [0.1, 0.15) is 18.0 Å². The number of methoxy groups -OCH3 is 2. The van der Waals surface area contributed by atoms with Gasteiger partial charge in [0.05, 0.1) is 35.4 Å². The van der Waals surface area contributed by atoms with Crippen molar-refractivity contribution in [1.82, 2.24) is 0 Å². The maximum atomic E-state index is 13.7. The summed E-state index contributed by atoms with van der Waals surface area (Å²) in [5.74, 6) is -0.0801. The number of anilines is 3. The van der Waals surface area contributed by atoms with Crippen molar-refractivity contribution in [3.63, 3.8) is 0 Å². The van der Waals surface area contributed by atoms with Crippen molar-refractivity contribution in [2.45, 2.75) is 23.6 Å². The predicted molar refractivity (Wildman–Crippen MR) is 162 cm³/mol. The number of hydrogen-bond acceptors (Lipinski definition) is 7. The van der Waals surface area contributed by atoms with Gasteiger partial charge in [-0.25, -0.2) is 16.8 Å². The molecule has 12 heteroatoms. The molecule has 0 unspecified atom stereocenters. The third-order valence-corrected chi connectivity index (χ3v) is 9.58. The van der Waals surface area contributed by atoms with E-state index in [1.54, 1.807) is 30.3 Å². The van der Waals surface area contributed by atoms with Gasteiger partial charge in [0.25, 0.3) is 20.0 Å². The highest BCUT2D eigenvalue weighted by Gasteiger charge is 2.30. The zero-order valence-electron chi connectivity index (χ0n) is 23.5. The molecule has 0 fully saturated rings. The Hall–Kier alpha value is -4.55. The molecule has 1 amide bonds. The van der Waals surface area contributed by atoms with Crippen LogP contribution in [0, 0.1) is 13.8 Å². The SMILES string of the molecule is COc1ccc(OC)c(N(CC(=O)Nc2ccc(S(=O)(=O)Nc3c(C)cccc3C)cc2)S(=O)(=O)c2ccccc2)c1. The minimum atomic E-state index is -4.21. The Morgan fingerprint density at radius 2 is 1.40 bits per heavy atom. The summed E-state index contributed by atoms with van der Waals surface area (Å²) in [6.45, 7) is 3.02. The highest BCUT2D eigenvalue weighted by Crippen LogP contribution is 2.35. The van der Waals surface area contributed by atoms with Gasteiger partial charge in [0, 0.05) is 11.8 Å². The predicted octanol–water partition coefficient (Wildman–Crippen LogP) is 4.96. The smallest absolute Gasteiger partial charge is 0.264 e. The first-order valence-electron chi connectivity index (χ1n) is 12.7. The van der Waals surface area contributed by atoms with Gasteiger partial charge in [0.2, 0.25) is 5.91 Å². The maximum absolute atomic E-state index is 13.7. The minimum absolute atomic E-state index is 0.00227. The van der Waals surface area contributed by atoms with E-state index in [4.69, 9.17) is 9.47 Å². The summed E-state index contributed by atoms with van der Waals surface area (Å²) in [4.78, 5) is 13.2. The Kier molecular flexibility index (Phi) is 9.08. The van der Waals surface area contributed by atoms with E-state index in [9.17, 15) is 21.6 Å². The van der Waals surface area contributed by atoms with Gasteiger partial charge in [-0.2, -0.15) is 0 Å². The van der Waals surface area contributed by atoms with Gasteiger partial charge in [-0.3, -0.25) is 13.8 Å². The Morgan fingerprint density at radius 3 is 2.00 bits per heavy atom. The third kappa shape index (κ3) is 6.67. The van der Waals surface area contributed by atoms with Gasteiger partial charge >= 0.3 is 0 Å². The molecule has 0 bridgehead atoms. The van der Waals surface area contributed by atoms with E-state index < -0.39 is 32.5 Å². The summed E-state index contributed by atoms with van der Waals surface area (Å²) in [6.07, 6.45) is 0. The quantitative estimate of drug-likeness (QED) is 0.246. The van der Waals surface area contributed by atoms with E-state index in [1.807, 2.05) is 32.0 Å². The fourth-order valence-corrected chi connectivity index (χ4v) is 6.88.